The Morgan fingerprint density at radius 2 is 1.20 bits per heavy atom. The molecule has 0 heterocycles. The number of hydrogen-bond acceptors (Lipinski definition) is 0. The van der Waals surface area contributed by atoms with Crippen molar-refractivity contribution < 1.29 is 14.7 Å². The van der Waals surface area contributed by atoms with E-state index >= 15 is 0 Å². The van der Waals surface area contributed by atoms with Gasteiger partial charge in [0, 0.05) is 0 Å². The zero-order valence-corrected chi connectivity index (χ0v) is 11.6. The van der Waals surface area contributed by atoms with Crippen molar-refractivity contribution in [1.82, 2.24) is 0 Å². The van der Waals surface area contributed by atoms with E-state index in [0.717, 1.165) is 50.0 Å². The monoisotopic (exact) mass is 256 g/mol. The van der Waals surface area contributed by atoms with Gasteiger partial charge in [0.15, 0.2) is 0 Å². The molecule has 15 heavy (non-hydrogen) atoms. The van der Waals surface area contributed by atoms with E-state index in [-0.39, 0.29) is 0 Å². The molecule has 0 aromatic heterocycles. The Morgan fingerprint density at radius 3 is 1.47 bits per heavy atom. The maximum absolute atomic E-state index is 9.31. The fraction of sp³-hybridized carbons (Fsp3) is 1.00. The van der Waals surface area contributed by atoms with Crippen molar-refractivity contribution in [2.75, 3.05) is 11.5 Å². The van der Waals surface area contributed by atoms with E-state index in [1.54, 1.807) is 0 Å². The fourth-order valence-electron chi connectivity index (χ4n) is 1.38. The Kier molecular flexibility index (Phi) is 9.16. The second kappa shape index (κ2) is 8.77. The highest BCUT2D eigenvalue weighted by atomic mass is 32.5. The third-order valence-electron chi connectivity index (χ3n) is 2.31. The second-order valence-electron chi connectivity index (χ2n) is 3.80. The molecule has 0 radical (unpaired) electrons. The average molecular weight is 256 g/mol. The number of rotatable bonds is 8. The summed E-state index contributed by atoms with van der Waals surface area (Å²) < 4.78 is 0. The molecule has 3 N–H and O–H groups in total. The van der Waals surface area contributed by atoms with Crippen LogP contribution in [0.25, 0.3) is 0 Å². The lowest BCUT2D eigenvalue weighted by Crippen LogP contribution is -2.05. The minimum Gasteiger partial charge on any atom is -0.329 e. The van der Waals surface area contributed by atoms with Crippen LogP contribution in [-0.2, 0) is 10.1 Å². The third-order valence-corrected chi connectivity index (χ3v) is 7.70. The van der Waals surface area contributed by atoms with E-state index in [9.17, 15) is 14.7 Å². The van der Waals surface area contributed by atoms with E-state index in [2.05, 4.69) is 13.8 Å². The van der Waals surface area contributed by atoms with Crippen molar-refractivity contribution in [2.24, 2.45) is 0 Å². The van der Waals surface area contributed by atoms with Crippen molar-refractivity contribution in [2.45, 2.75) is 52.4 Å². The van der Waals surface area contributed by atoms with Gasteiger partial charge in [-0.1, -0.05) is 39.5 Å². The molecule has 0 saturated carbocycles. The zero-order valence-electron chi connectivity index (χ0n) is 9.85. The van der Waals surface area contributed by atoms with Crippen molar-refractivity contribution in [1.29, 1.82) is 0 Å². The van der Waals surface area contributed by atoms with Crippen LogP contribution in [0.15, 0.2) is 0 Å². The van der Waals surface area contributed by atoms with Gasteiger partial charge < -0.3 is 14.7 Å². The van der Waals surface area contributed by atoms with E-state index in [1.807, 2.05) is 0 Å². The first-order valence-electron chi connectivity index (χ1n) is 5.77. The Hall–Kier alpha value is 0.660. The largest absolute Gasteiger partial charge is 0.329 e. The molecule has 0 aromatic carbocycles. The lowest BCUT2D eigenvalue weighted by atomic mass is 10.3. The smallest absolute Gasteiger partial charge is 0.277 e. The van der Waals surface area contributed by atoms with E-state index in [4.69, 9.17) is 0 Å². The second-order valence-corrected chi connectivity index (χ2v) is 9.58. The van der Waals surface area contributed by atoms with E-state index in [0.29, 0.717) is 0 Å². The molecular weight excluding hydrogens is 231 g/mol. The van der Waals surface area contributed by atoms with Crippen molar-refractivity contribution >= 4 is 16.8 Å². The maximum atomic E-state index is 9.31. The Morgan fingerprint density at radius 1 is 0.800 bits per heavy atom. The van der Waals surface area contributed by atoms with Gasteiger partial charge in [-0.2, -0.15) is 0 Å². The molecule has 0 unspecified atom stereocenters. The minimum absolute atomic E-state index is 0.567. The van der Waals surface area contributed by atoms with Gasteiger partial charge in [-0.25, -0.2) is 0 Å². The van der Waals surface area contributed by atoms with Crippen LogP contribution in [-0.4, -0.2) is 26.2 Å². The molecular formula is C10H25O3PS. The molecule has 0 bridgehead atoms. The van der Waals surface area contributed by atoms with Crippen molar-refractivity contribution in [3.63, 3.8) is 0 Å². The highest BCUT2D eigenvalue weighted by Crippen LogP contribution is 2.37. The van der Waals surface area contributed by atoms with Gasteiger partial charge in [0.1, 0.15) is 0 Å². The Labute approximate surface area is 95.7 Å². The van der Waals surface area contributed by atoms with Gasteiger partial charge in [0.05, 0.1) is 0 Å². The molecule has 3 nitrogen and oxygen atoms in total. The van der Waals surface area contributed by atoms with Crippen molar-refractivity contribution in [3.05, 3.63) is 0 Å². The summed E-state index contributed by atoms with van der Waals surface area (Å²) in [5.41, 5.74) is 0. The summed E-state index contributed by atoms with van der Waals surface area (Å²) in [6.45, 7) is 0.660. The molecule has 0 fully saturated rings. The summed E-state index contributed by atoms with van der Waals surface area (Å²) in [6.07, 6.45) is 6.46. The lowest BCUT2D eigenvalue weighted by Gasteiger charge is -2.15. The molecule has 0 aliphatic carbocycles. The first-order valence-corrected chi connectivity index (χ1v) is 9.59. The summed E-state index contributed by atoms with van der Waals surface area (Å²) in [7, 11) is -0.567. The Balaban J connectivity index is 4.10. The molecule has 0 saturated heterocycles. The minimum atomic E-state index is -3.58. The van der Waals surface area contributed by atoms with Gasteiger partial charge in [0.2, 0.25) is 0 Å². The van der Waals surface area contributed by atoms with Gasteiger partial charge in [-0.05, 0) is 24.3 Å². The van der Waals surface area contributed by atoms with Crippen LogP contribution >= 0.6 is 6.72 Å². The third kappa shape index (κ3) is 8.47. The normalized spacial score (nSPS) is 12.4. The summed E-state index contributed by atoms with van der Waals surface area (Å²) >= 11 is 0. The summed E-state index contributed by atoms with van der Waals surface area (Å²) in [5.74, 6) is 1.55. The predicted octanol–water partition coefficient (Wildman–Crippen LogP) is 2.64. The summed E-state index contributed by atoms with van der Waals surface area (Å²) in [6, 6.07) is 0. The van der Waals surface area contributed by atoms with Crippen LogP contribution in [0.2, 0.25) is 0 Å². The van der Waals surface area contributed by atoms with Crippen LogP contribution < -0.4 is 0 Å². The van der Waals surface area contributed by atoms with Crippen LogP contribution in [0, 0.1) is 0 Å². The van der Waals surface area contributed by atoms with Gasteiger partial charge >= 0.3 is 0 Å². The Bertz CT molecular complexity index is 192. The van der Waals surface area contributed by atoms with Crippen LogP contribution in [0.4, 0.5) is 0 Å². The molecule has 0 aromatic rings. The number of hydrogen-bond donors (Lipinski definition) is 3. The van der Waals surface area contributed by atoms with Crippen LogP contribution in [0.5, 0.6) is 0 Å². The quantitative estimate of drug-likeness (QED) is 0.462. The fourth-order valence-corrected chi connectivity index (χ4v) is 5.40. The highest BCUT2D eigenvalue weighted by Gasteiger charge is 2.11. The SMILES string of the molecule is CCCCCS(CCCCC)=P(O)(O)O. The van der Waals surface area contributed by atoms with Gasteiger partial charge in [0.25, 0.3) is 6.72 Å². The maximum Gasteiger partial charge on any atom is 0.277 e. The first-order chi connectivity index (χ1) is 7.02. The zero-order chi connectivity index (χ0) is 11.7. The van der Waals surface area contributed by atoms with Crippen molar-refractivity contribution in [3.8, 4) is 0 Å². The van der Waals surface area contributed by atoms with Crippen LogP contribution in [0.1, 0.15) is 52.4 Å². The van der Waals surface area contributed by atoms with Gasteiger partial charge in [-0.15, -0.1) is 10.1 Å². The molecule has 0 rings (SSSR count). The van der Waals surface area contributed by atoms with Gasteiger partial charge in [-0.3, -0.25) is 0 Å². The average Bonchev–Trinajstić information content (AvgIpc) is 2.14. The molecule has 5 heteroatoms. The highest BCUT2D eigenvalue weighted by molar-refractivity contribution is 8.27. The molecule has 0 spiro atoms. The van der Waals surface area contributed by atoms with E-state index in [1.165, 1.54) is 0 Å². The lowest BCUT2D eigenvalue weighted by molar-refractivity contribution is 0.362. The first kappa shape index (κ1) is 15.7. The molecule has 0 aliphatic heterocycles. The van der Waals surface area contributed by atoms with E-state index < -0.39 is 16.8 Å². The summed E-state index contributed by atoms with van der Waals surface area (Å²) in [4.78, 5) is 27.9. The molecule has 0 atom stereocenters. The molecule has 94 valence electrons. The standard InChI is InChI=1S/C10H25O3PS/c1-3-5-7-9-15(14(11,12)13)10-8-6-4-2/h11-13H,3-10H2,1-2H3. The topological polar surface area (TPSA) is 60.7 Å². The molecule has 0 amide bonds. The predicted molar refractivity (Wildman–Crippen MR) is 69.7 cm³/mol. The number of unbranched alkanes of at least 4 members (excludes halogenated alkanes) is 4. The molecule has 0 aliphatic rings. The van der Waals surface area contributed by atoms with Crippen LogP contribution in [0.3, 0.4) is 0 Å². The summed E-state index contributed by atoms with van der Waals surface area (Å²) in [5, 5.41) is 0.